The molecule has 1 atom stereocenters. The van der Waals surface area contributed by atoms with Crippen LogP contribution in [0.3, 0.4) is 0 Å². The first-order chi connectivity index (χ1) is 8.65. The average molecular weight is 269 g/mol. The van der Waals surface area contributed by atoms with Crippen molar-refractivity contribution in [2.24, 2.45) is 5.92 Å². The summed E-state index contributed by atoms with van der Waals surface area (Å²) in [6.45, 7) is 0. The Morgan fingerprint density at radius 3 is 2.72 bits per heavy atom. The molecule has 5 heteroatoms. The molecule has 0 N–H and O–H groups in total. The van der Waals surface area contributed by atoms with Gasteiger partial charge in [0.2, 0.25) is 0 Å². The molecule has 0 amide bonds. The first-order valence-corrected chi connectivity index (χ1v) is 6.02. The van der Waals surface area contributed by atoms with Crippen LogP contribution in [0.15, 0.2) is 18.2 Å². The largest absolute Gasteiger partial charge is 0.477 e. The fraction of sp³-hybridized carbons (Fsp3) is 0.385. The van der Waals surface area contributed by atoms with E-state index in [0.29, 0.717) is 22.6 Å². The van der Waals surface area contributed by atoms with Crippen LogP contribution in [0, 0.1) is 5.92 Å². The lowest BCUT2D eigenvalue weighted by molar-refractivity contribution is -0.149. The quantitative estimate of drug-likeness (QED) is 0.608. The Bertz CT molecular complexity index is 468. The van der Waals surface area contributed by atoms with Crippen molar-refractivity contribution in [3.63, 3.8) is 0 Å². The van der Waals surface area contributed by atoms with Gasteiger partial charge >= 0.3 is 5.97 Å². The van der Waals surface area contributed by atoms with E-state index in [0.717, 1.165) is 12.8 Å². The molecule has 1 aliphatic carbocycles. The van der Waals surface area contributed by atoms with E-state index in [-0.39, 0.29) is 5.92 Å². The van der Waals surface area contributed by atoms with Gasteiger partial charge in [0.05, 0.1) is 12.1 Å². The van der Waals surface area contributed by atoms with Crippen molar-refractivity contribution in [3.05, 3.63) is 28.8 Å². The van der Waals surface area contributed by atoms with Gasteiger partial charge in [-0.25, -0.2) is 4.79 Å². The van der Waals surface area contributed by atoms with Gasteiger partial charge in [0.15, 0.2) is 6.10 Å². The van der Waals surface area contributed by atoms with Crippen LogP contribution in [0.5, 0.6) is 5.75 Å². The average Bonchev–Trinajstić information content (AvgIpc) is 3.20. The minimum absolute atomic E-state index is 0.194. The number of halogens is 1. The molecule has 1 fully saturated rings. The van der Waals surface area contributed by atoms with E-state index in [1.54, 1.807) is 12.1 Å². The number of hydrogen-bond donors (Lipinski definition) is 0. The van der Waals surface area contributed by atoms with Crippen LogP contribution in [0.2, 0.25) is 5.02 Å². The predicted octanol–water partition coefficient (Wildman–Crippen LogP) is 2.48. The van der Waals surface area contributed by atoms with Crippen LogP contribution in [0.4, 0.5) is 0 Å². The lowest BCUT2D eigenvalue weighted by Gasteiger charge is -2.17. The number of aldehydes is 1. The summed E-state index contributed by atoms with van der Waals surface area (Å²) < 4.78 is 10.3. The number of carbonyl (C=O) groups is 2. The summed E-state index contributed by atoms with van der Waals surface area (Å²) in [5.74, 6) is 0.192. The molecule has 0 saturated heterocycles. The molecule has 1 saturated carbocycles. The third kappa shape index (κ3) is 2.82. The maximum absolute atomic E-state index is 11.6. The summed E-state index contributed by atoms with van der Waals surface area (Å²) in [7, 11) is 1.33. The van der Waals surface area contributed by atoms with Crippen LogP contribution in [0.1, 0.15) is 23.2 Å². The molecule has 4 nitrogen and oxygen atoms in total. The van der Waals surface area contributed by atoms with Gasteiger partial charge in [0.25, 0.3) is 0 Å². The molecule has 0 aliphatic heterocycles. The Labute approximate surface area is 110 Å². The van der Waals surface area contributed by atoms with Crippen molar-refractivity contribution in [2.45, 2.75) is 18.9 Å². The summed E-state index contributed by atoms with van der Waals surface area (Å²) >= 11 is 5.99. The van der Waals surface area contributed by atoms with Gasteiger partial charge in [-0.15, -0.1) is 0 Å². The molecule has 2 rings (SSSR count). The van der Waals surface area contributed by atoms with Gasteiger partial charge in [-0.1, -0.05) is 11.6 Å². The minimum atomic E-state index is -0.616. The smallest absolute Gasteiger partial charge is 0.347 e. The van der Waals surface area contributed by atoms with Gasteiger partial charge in [-0.3, -0.25) is 4.79 Å². The molecule has 0 heterocycles. The van der Waals surface area contributed by atoms with Crippen LogP contribution >= 0.6 is 11.6 Å². The van der Waals surface area contributed by atoms with E-state index >= 15 is 0 Å². The van der Waals surface area contributed by atoms with Gasteiger partial charge in [-0.05, 0) is 31.0 Å². The van der Waals surface area contributed by atoms with Crippen molar-refractivity contribution in [3.8, 4) is 5.75 Å². The zero-order valence-corrected chi connectivity index (χ0v) is 10.6. The Morgan fingerprint density at radius 1 is 1.50 bits per heavy atom. The van der Waals surface area contributed by atoms with E-state index in [2.05, 4.69) is 0 Å². The van der Waals surface area contributed by atoms with E-state index in [1.807, 2.05) is 0 Å². The molecule has 96 valence electrons. The minimum Gasteiger partial charge on any atom is -0.477 e. The summed E-state index contributed by atoms with van der Waals surface area (Å²) in [6.07, 6.45) is 1.98. The van der Waals surface area contributed by atoms with Crippen molar-refractivity contribution in [1.82, 2.24) is 0 Å². The second-order valence-corrected chi connectivity index (χ2v) is 4.61. The van der Waals surface area contributed by atoms with Crippen LogP contribution in [0.25, 0.3) is 0 Å². The van der Waals surface area contributed by atoms with Gasteiger partial charge in [-0.2, -0.15) is 0 Å². The Morgan fingerprint density at radius 2 is 2.22 bits per heavy atom. The van der Waals surface area contributed by atoms with E-state index in [1.165, 1.54) is 13.2 Å². The molecule has 0 radical (unpaired) electrons. The zero-order valence-electron chi connectivity index (χ0n) is 9.89. The fourth-order valence-electron chi connectivity index (χ4n) is 1.67. The van der Waals surface area contributed by atoms with Gasteiger partial charge < -0.3 is 9.47 Å². The summed E-state index contributed by atoms with van der Waals surface area (Å²) in [4.78, 5) is 22.2. The molecule has 1 aromatic rings. The highest BCUT2D eigenvalue weighted by atomic mass is 35.5. The Kier molecular flexibility index (Phi) is 3.87. The van der Waals surface area contributed by atoms with Crippen molar-refractivity contribution >= 4 is 23.9 Å². The SMILES string of the molecule is COC(=O)C(Oc1ccc(C=O)cc1Cl)C1CC1. The van der Waals surface area contributed by atoms with Crippen LogP contribution in [-0.2, 0) is 9.53 Å². The highest BCUT2D eigenvalue weighted by Gasteiger charge is 2.39. The summed E-state index contributed by atoms with van der Waals surface area (Å²) in [6, 6.07) is 4.69. The maximum atomic E-state index is 11.6. The summed E-state index contributed by atoms with van der Waals surface area (Å²) in [5.41, 5.74) is 0.466. The molecule has 1 aliphatic rings. The molecule has 1 aromatic carbocycles. The normalized spacial score (nSPS) is 15.9. The third-order valence-electron chi connectivity index (χ3n) is 2.83. The highest BCUT2D eigenvalue weighted by molar-refractivity contribution is 6.32. The number of methoxy groups -OCH3 is 1. The van der Waals surface area contributed by atoms with E-state index in [9.17, 15) is 9.59 Å². The fourth-order valence-corrected chi connectivity index (χ4v) is 1.91. The zero-order chi connectivity index (χ0) is 13.1. The van der Waals surface area contributed by atoms with E-state index < -0.39 is 12.1 Å². The first kappa shape index (κ1) is 12.9. The standard InChI is InChI=1S/C13H13ClO4/c1-17-13(16)12(9-3-4-9)18-11-5-2-8(7-15)6-10(11)14/h2,5-7,9,12H,3-4H2,1H3. The Balaban J connectivity index is 2.16. The number of carbonyl (C=O) groups excluding carboxylic acids is 2. The number of esters is 1. The van der Waals surface area contributed by atoms with Crippen LogP contribution in [-0.4, -0.2) is 25.5 Å². The molecular weight excluding hydrogens is 256 g/mol. The number of benzene rings is 1. The first-order valence-electron chi connectivity index (χ1n) is 5.65. The summed E-state index contributed by atoms with van der Waals surface area (Å²) in [5, 5.41) is 0.314. The molecule has 1 unspecified atom stereocenters. The maximum Gasteiger partial charge on any atom is 0.347 e. The van der Waals surface area contributed by atoms with Gasteiger partial charge in [0.1, 0.15) is 12.0 Å². The third-order valence-corrected chi connectivity index (χ3v) is 3.12. The van der Waals surface area contributed by atoms with Crippen molar-refractivity contribution in [1.29, 1.82) is 0 Å². The van der Waals surface area contributed by atoms with Crippen molar-refractivity contribution < 1.29 is 19.1 Å². The predicted molar refractivity (Wildman–Crippen MR) is 66.0 cm³/mol. The molecule has 0 spiro atoms. The van der Waals surface area contributed by atoms with Crippen molar-refractivity contribution in [2.75, 3.05) is 7.11 Å². The number of rotatable bonds is 5. The van der Waals surface area contributed by atoms with Gasteiger partial charge in [0, 0.05) is 11.5 Å². The Hall–Kier alpha value is -1.55. The topological polar surface area (TPSA) is 52.6 Å². The van der Waals surface area contributed by atoms with Crippen LogP contribution < -0.4 is 4.74 Å². The lowest BCUT2D eigenvalue weighted by Crippen LogP contribution is -2.30. The number of hydrogen-bond acceptors (Lipinski definition) is 4. The second kappa shape index (κ2) is 5.40. The van der Waals surface area contributed by atoms with E-state index in [4.69, 9.17) is 21.1 Å². The second-order valence-electron chi connectivity index (χ2n) is 4.21. The molecule has 0 bridgehead atoms. The molecular formula is C13H13ClO4. The number of ether oxygens (including phenoxy) is 2. The molecule has 18 heavy (non-hydrogen) atoms. The highest BCUT2D eigenvalue weighted by Crippen LogP contribution is 2.37. The lowest BCUT2D eigenvalue weighted by atomic mass is 10.2. The monoisotopic (exact) mass is 268 g/mol. The molecule has 0 aromatic heterocycles.